The summed E-state index contributed by atoms with van der Waals surface area (Å²) >= 11 is 13.7. The Morgan fingerprint density at radius 3 is 2.78 bits per heavy atom. The minimum Gasteiger partial charge on any atom is -0.370 e. The van der Waals surface area contributed by atoms with Crippen LogP contribution in [0.25, 0.3) is 0 Å². The highest BCUT2D eigenvalue weighted by molar-refractivity contribution is 14.0. The Bertz CT molecular complexity index is 675. The molecule has 0 saturated carbocycles. The van der Waals surface area contributed by atoms with Gasteiger partial charge in [0.1, 0.15) is 0 Å². The van der Waals surface area contributed by atoms with Gasteiger partial charge in [0.25, 0.3) is 0 Å². The van der Waals surface area contributed by atoms with E-state index < -0.39 is 0 Å². The number of aryl methyl sites for hydroxylation is 1. The number of aliphatic imine (C=N–C) groups is 1. The van der Waals surface area contributed by atoms with E-state index in [-0.39, 0.29) is 30.0 Å². The maximum atomic E-state index is 6.18. The monoisotopic (exact) mass is 484 g/mol. The van der Waals surface area contributed by atoms with Crippen molar-refractivity contribution in [3.63, 3.8) is 0 Å². The minimum absolute atomic E-state index is 0. The van der Waals surface area contributed by atoms with E-state index in [0.717, 1.165) is 22.7 Å². The van der Waals surface area contributed by atoms with Gasteiger partial charge in [0.05, 0.1) is 16.7 Å². The predicted octanol–water partition coefficient (Wildman–Crippen LogP) is 4.58. The molecule has 0 bridgehead atoms. The van der Waals surface area contributed by atoms with Crippen LogP contribution in [0.2, 0.25) is 10.0 Å². The Balaban J connectivity index is 0.00000264. The molecule has 1 heterocycles. The molecule has 0 radical (unpaired) electrons. The van der Waals surface area contributed by atoms with Crippen LogP contribution in [0.1, 0.15) is 29.2 Å². The number of nitrogens with two attached hydrogens (primary N) is 1. The van der Waals surface area contributed by atoms with Gasteiger partial charge in [-0.05, 0) is 31.5 Å². The summed E-state index contributed by atoms with van der Waals surface area (Å²) in [6.07, 6.45) is 0.781. The zero-order valence-corrected chi connectivity index (χ0v) is 17.5. The minimum atomic E-state index is -0.0463. The SMILES string of the molecule is Cc1nc(CCN=C(N)NC(C)c2ccc(Cl)cc2Cl)cs1.I. The molecule has 3 N–H and O–H groups in total. The molecule has 4 nitrogen and oxygen atoms in total. The molecule has 2 aromatic rings. The van der Waals surface area contributed by atoms with Crippen molar-refractivity contribution >= 4 is 64.5 Å². The van der Waals surface area contributed by atoms with Crippen LogP contribution in [0.5, 0.6) is 0 Å². The summed E-state index contributed by atoms with van der Waals surface area (Å²) in [6.45, 7) is 4.56. The van der Waals surface area contributed by atoms with Crippen molar-refractivity contribution in [2.24, 2.45) is 10.7 Å². The molecule has 0 fully saturated rings. The van der Waals surface area contributed by atoms with Gasteiger partial charge < -0.3 is 11.1 Å². The van der Waals surface area contributed by atoms with Crippen LogP contribution in [0, 0.1) is 6.92 Å². The lowest BCUT2D eigenvalue weighted by molar-refractivity contribution is 0.707. The standard InChI is InChI=1S/C15H18Cl2N4S.HI/c1-9(13-4-3-11(16)7-14(13)17)20-15(18)19-6-5-12-8-22-10(2)21-12;/h3-4,7-9H,5-6H2,1-2H3,(H3,18,19,20);1H. The lowest BCUT2D eigenvalue weighted by atomic mass is 10.1. The summed E-state index contributed by atoms with van der Waals surface area (Å²) in [7, 11) is 0. The topological polar surface area (TPSA) is 63.3 Å². The molecular formula is C15H19Cl2IN4S. The maximum absolute atomic E-state index is 6.18. The highest BCUT2D eigenvalue weighted by atomic mass is 127. The van der Waals surface area contributed by atoms with E-state index >= 15 is 0 Å². The number of nitrogens with one attached hydrogen (secondary N) is 1. The number of thiazole rings is 1. The van der Waals surface area contributed by atoms with Crippen LogP contribution < -0.4 is 11.1 Å². The first-order chi connectivity index (χ1) is 10.5. The number of nitrogens with zero attached hydrogens (tertiary/aromatic N) is 2. The summed E-state index contributed by atoms with van der Waals surface area (Å²) in [5.74, 6) is 0.394. The second-order valence-electron chi connectivity index (χ2n) is 4.91. The molecule has 0 saturated heterocycles. The first kappa shape index (κ1) is 20.5. The van der Waals surface area contributed by atoms with Crippen LogP contribution in [-0.2, 0) is 6.42 Å². The Morgan fingerprint density at radius 1 is 1.43 bits per heavy atom. The summed E-state index contributed by atoms with van der Waals surface area (Å²) < 4.78 is 0. The van der Waals surface area contributed by atoms with Crippen LogP contribution in [0.3, 0.4) is 0 Å². The van der Waals surface area contributed by atoms with Crippen molar-refractivity contribution < 1.29 is 0 Å². The fourth-order valence-corrected chi connectivity index (χ4v) is 3.23. The number of hydrogen-bond acceptors (Lipinski definition) is 3. The Labute approximate surface area is 167 Å². The third-order valence-electron chi connectivity index (χ3n) is 3.11. The van der Waals surface area contributed by atoms with E-state index in [2.05, 4.69) is 15.3 Å². The van der Waals surface area contributed by atoms with E-state index in [9.17, 15) is 0 Å². The third kappa shape index (κ3) is 6.45. The summed E-state index contributed by atoms with van der Waals surface area (Å²) in [5, 5.41) is 7.46. The molecular weight excluding hydrogens is 466 g/mol. The quantitative estimate of drug-likeness (QED) is 0.370. The summed E-state index contributed by atoms with van der Waals surface area (Å²) in [4.78, 5) is 8.71. The second kappa shape index (κ2) is 9.66. The zero-order chi connectivity index (χ0) is 16.1. The van der Waals surface area contributed by atoms with Crippen LogP contribution in [-0.4, -0.2) is 17.5 Å². The average Bonchev–Trinajstić information content (AvgIpc) is 2.84. The normalized spacial score (nSPS) is 12.6. The molecule has 0 aliphatic rings. The van der Waals surface area contributed by atoms with Crippen molar-refractivity contribution in [3.8, 4) is 0 Å². The van der Waals surface area contributed by atoms with Crippen LogP contribution >= 0.6 is 58.5 Å². The van der Waals surface area contributed by atoms with Crippen LogP contribution in [0.15, 0.2) is 28.6 Å². The van der Waals surface area contributed by atoms with Crippen molar-refractivity contribution in [1.82, 2.24) is 10.3 Å². The van der Waals surface area contributed by atoms with Gasteiger partial charge >= 0.3 is 0 Å². The van der Waals surface area contributed by atoms with Gasteiger partial charge in [-0.3, -0.25) is 4.99 Å². The van der Waals surface area contributed by atoms with Gasteiger partial charge in [-0.15, -0.1) is 35.3 Å². The predicted molar refractivity (Wildman–Crippen MR) is 110 cm³/mol. The fourth-order valence-electron chi connectivity index (χ4n) is 2.01. The Kier molecular flexibility index (Phi) is 8.60. The molecule has 8 heteroatoms. The van der Waals surface area contributed by atoms with E-state index in [1.165, 1.54) is 0 Å². The number of benzene rings is 1. The molecule has 0 amide bonds. The first-order valence-corrected chi connectivity index (χ1v) is 8.51. The first-order valence-electron chi connectivity index (χ1n) is 6.88. The highest BCUT2D eigenvalue weighted by Gasteiger charge is 2.10. The number of guanidine groups is 1. The number of aromatic nitrogens is 1. The lowest BCUT2D eigenvalue weighted by Gasteiger charge is -2.16. The second-order valence-corrected chi connectivity index (χ2v) is 6.81. The number of rotatable bonds is 5. The van der Waals surface area contributed by atoms with E-state index in [4.69, 9.17) is 28.9 Å². The van der Waals surface area contributed by atoms with Gasteiger partial charge in [0.2, 0.25) is 0 Å². The fraction of sp³-hybridized carbons (Fsp3) is 0.333. The van der Waals surface area contributed by atoms with E-state index in [0.29, 0.717) is 22.5 Å². The van der Waals surface area contributed by atoms with Gasteiger partial charge in [-0.1, -0.05) is 29.3 Å². The molecule has 1 aromatic carbocycles. The molecule has 2 rings (SSSR count). The molecule has 0 aliphatic heterocycles. The number of halogens is 3. The van der Waals surface area contributed by atoms with E-state index in [1.54, 1.807) is 23.5 Å². The molecule has 126 valence electrons. The van der Waals surface area contributed by atoms with Crippen molar-refractivity contribution in [3.05, 3.63) is 49.9 Å². The molecule has 23 heavy (non-hydrogen) atoms. The summed E-state index contributed by atoms with van der Waals surface area (Å²) in [5.41, 5.74) is 7.89. The van der Waals surface area contributed by atoms with Gasteiger partial charge in [0, 0.05) is 28.4 Å². The van der Waals surface area contributed by atoms with Gasteiger partial charge in [-0.25, -0.2) is 4.98 Å². The van der Waals surface area contributed by atoms with Crippen LogP contribution in [0.4, 0.5) is 0 Å². The smallest absolute Gasteiger partial charge is 0.189 e. The van der Waals surface area contributed by atoms with Crippen molar-refractivity contribution in [2.75, 3.05) is 6.54 Å². The Morgan fingerprint density at radius 2 is 2.17 bits per heavy atom. The molecule has 1 atom stereocenters. The average molecular weight is 485 g/mol. The molecule has 0 aliphatic carbocycles. The van der Waals surface area contributed by atoms with E-state index in [1.807, 2.05) is 25.3 Å². The molecule has 1 unspecified atom stereocenters. The van der Waals surface area contributed by atoms with Gasteiger partial charge in [0.15, 0.2) is 5.96 Å². The largest absolute Gasteiger partial charge is 0.370 e. The van der Waals surface area contributed by atoms with Crippen molar-refractivity contribution in [2.45, 2.75) is 26.3 Å². The zero-order valence-electron chi connectivity index (χ0n) is 12.8. The Hall–Kier alpha value is -0.570. The number of hydrogen-bond donors (Lipinski definition) is 2. The summed E-state index contributed by atoms with van der Waals surface area (Å²) in [6, 6.07) is 5.36. The molecule has 1 aromatic heterocycles. The maximum Gasteiger partial charge on any atom is 0.189 e. The van der Waals surface area contributed by atoms with Crippen molar-refractivity contribution in [1.29, 1.82) is 0 Å². The lowest BCUT2D eigenvalue weighted by Crippen LogP contribution is -2.34. The highest BCUT2D eigenvalue weighted by Crippen LogP contribution is 2.25. The molecule has 0 spiro atoms. The third-order valence-corrected chi connectivity index (χ3v) is 4.49. The van der Waals surface area contributed by atoms with Gasteiger partial charge in [-0.2, -0.15) is 0 Å².